The highest BCUT2D eigenvalue weighted by atomic mass is 16.5. The van der Waals surface area contributed by atoms with E-state index in [0.29, 0.717) is 6.10 Å². The Morgan fingerprint density at radius 3 is 2.58 bits per heavy atom. The van der Waals surface area contributed by atoms with Crippen LogP contribution in [0.25, 0.3) is 0 Å². The molecule has 1 atom stereocenters. The van der Waals surface area contributed by atoms with Gasteiger partial charge in [-0.25, -0.2) is 0 Å². The van der Waals surface area contributed by atoms with Crippen molar-refractivity contribution in [1.82, 2.24) is 0 Å². The predicted molar refractivity (Wildman–Crippen MR) is 51.9 cm³/mol. The van der Waals surface area contributed by atoms with E-state index in [2.05, 4.69) is 33.8 Å². The topological polar surface area (TPSA) is 9.23 Å². The quantitative estimate of drug-likeness (QED) is 0.582. The fourth-order valence-corrected chi connectivity index (χ4v) is 1.51. The van der Waals surface area contributed by atoms with Gasteiger partial charge in [0, 0.05) is 6.42 Å². The van der Waals surface area contributed by atoms with Crippen molar-refractivity contribution in [2.45, 2.75) is 53.1 Å². The summed E-state index contributed by atoms with van der Waals surface area (Å²) in [6.07, 6.45) is 6.22. The summed E-state index contributed by atoms with van der Waals surface area (Å²) < 4.78 is 5.75. The predicted octanol–water partition coefficient (Wildman–Crippen LogP) is 3.51. The summed E-state index contributed by atoms with van der Waals surface area (Å²) in [5.74, 6) is 1.20. The molecular formula is C11H20O. The molecule has 0 bridgehead atoms. The minimum Gasteiger partial charge on any atom is -0.495 e. The fraction of sp³-hybridized carbons (Fsp3) is 0.818. The van der Waals surface area contributed by atoms with Gasteiger partial charge in [0.15, 0.2) is 0 Å². The molecule has 1 rings (SSSR count). The van der Waals surface area contributed by atoms with Crippen LogP contribution in [0.3, 0.4) is 0 Å². The Bertz CT molecular complexity index is 174. The molecule has 0 aromatic heterocycles. The van der Waals surface area contributed by atoms with E-state index in [1.165, 1.54) is 12.2 Å². The van der Waals surface area contributed by atoms with Gasteiger partial charge >= 0.3 is 0 Å². The largest absolute Gasteiger partial charge is 0.495 e. The summed E-state index contributed by atoms with van der Waals surface area (Å²) in [7, 11) is 0. The van der Waals surface area contributed by atoms with E-state index in [-0.39, 0.29) is 5.41 Å². The maximum Gasteiger partial charge on any atom is 0.0984 e. The molecule has 0 N–H and O–H groups in total. The van der Waals surface area contributed by atoms with Gasteiger partial charge < -0.3 is 4.74 Å². The molecule has 1 saturated heterocycles. The van der Waals surface area contributed by atoms with Crippen molar-refractivity contribution >= 4 is 0 Å². The van der Waals surface area contributed by atoms with Gasteiger partial charge in [-0.2, -0.15) is 0 Å². The van der Waals surface area contributed by atoms with Crippen molar-refractivity contribution in [3.8, 4) is 0 Å². The molecule has 0 spiro atoms. The molecule has 0 aromatic carbocycles. The molecule has 1 unspecified atom stereocenters. The third-order valence-corrected chi connectivity index (χ3v) is 2.08. The fourth-order valence-electron chi connectivity index (χ4n) is 1.51. The maximum absolute atomic E-state index is 5.75. The van der Waals surface area contributed by atoms with Crippen LogP contribution in [0.15, 0.2) is 11.8 Å². The third kappa shape index (κ3) is 2.88. The maximum atomic E-state index is 5.75. The molecule has 1 aliphatic rings. The molecule has 1 fully saturated rings. The smallest absolute Gasteiger partial charge is 0.0984 e. The number of hydrogen-bond acceptors (Lipinski definition) is 1. The minimum absolute atomic E-state index is 0.262. The Labute approximate surface area is 75.8 Å². The lowest BCUT2D eigenvalue weighted by Crippen LogP contribution is -2.03. The summed E-state index contributed by atoms with van der Waals surface area (Å²) in [5, 5.41) is 0. The van der Waals surface area contributed by atoms with Gasteiger partial charge in [-0.3, -0.25) is 0 Å². The van der Waals surface area contributed by atoms with Crippen molar-refractivity contribution in [2.75, 3.05) is 0 Å². The van der Waals surface area contributed by atoms with Crippen molar-refractivity contribution in [1.29, 1.82) is 0 Å². The van der Waals surface area contributed by atoms with E-state index in [4.69, 9.17) is 4.74 Å². The Kier molecular flexibility index (Phi) is 2.81. The highest BCUT2D eigenvalue weighted by Gasteiger charge is 2.20. The first-order chi connectivity index (χ1) is 5.51. The summed E-state index contributed by atoms with van der Waals surface area (Å²) in [6.45, 7) is 8.82. The molecule has 0 saturated carbocycles. The molecule has 1 heterocycles. The Hall–Kier alpha value is -0.460. The molecule has 1 nitrogen and oxygen atoms in total. The Morgan fingerprint density at radius 1 is 1.50 bits per heavy atom. The average Bonchev–Trinajstić information content (AvgIpc) is 2.32. The lowest BCUT2D eigenvalue weighted by molar-refractivity contribution is 0.154. The number of allylic oxidation sites excluding steroid dienone is 2. The molecule has 12 heavy (non-hydrogen) atoms. The first-order valence-corrected chi connectivity index (χ1v) is 4.89. The number of hydrogen-bond donors (Lipinski definition) is 0. The SMILES string of the molecule is CCC1CC/C(=C/C(C)(C)C)O1. The van der Waals surface area contributed by atoms with E-state index in [1.807, 2.05) is 0 Å². The van der Waals surface area contributed by atoms with Crippen molar-refractivity contribution < 1.29 is 4.74 Å². The highest BCUT2D eigenvalue weighted by Crippen LogP contribution is 2.29. The molecular weight excluding hydrogens is 148 g/mol. The second-order valence-electron chi connectivity index (χ2n) is 4.66. The molecule has 1 aliphatic heterocycles. The molecule has 0 aliphatic carbocycles. The zero-order valence-electron chi connectivity index (χ0n) is 8.68. The number of rotatable bonds is 1. The van der Waals surface area contributed by atoms with Crippen LogP contribution in [-0.2, 0) is 4.74 Å². The minimum atomic E-state index is 0.262. The van der Waals surface area contributed by atoms with E-state index in [1.54, 1.807) is 0 Å². The molecule has 0 amide bonds. The lowest BCUT2D eigenvalue weighted by atomic mass is 9.95. The van der Waals surface area contributed by atoms with E-state index in [9.17, 15) is 0 Å². The molecule has 0 aromatic rings. The zero-order valence-corrected chi connectivity index (χ0v) is 8.68. The monoisotopic (exact) mass is 168 g/mol. The Morgan fingerprint density at radius 2 is 2.17 bits per heavy atom. The Balaban J connectivity index is 2.51. The van der Waals surface area contributed by atoms with Gasteiger partial charge in [-0.1, -0.05) is 27.7 Å². The van der Waals surface area contributed by atoms with Crippen molar-refractivity contribution in [3.05, 3.63) is 11.8 Å². The van der Waals surface area contributed by atoms with E-state index in [0.717, 1.165) is 12.8 Å². The standard InChI is InChI=1S/C11H20O/c1-5-9-6-7-10(12-9)8-11(2,3)4/h8-9H,5-7H2,1-4H3/b10-8-. The van der Waals surface area contributed by atoms with Crippen LogP contribution in [-0.4, -0.2) is 6.10 Å². The van der Waals surface area contributed by atoms with Gasteiger partial charge in [-0.15, -0.1) is 0 Å². The van der Waals surface area contributed by atoms with Gasteiger partial charge in [-0.05, 0) is 24.3 Å². The summed E-state index contributed by atoms with van der Waals surface area (Å²) in [6, 6.07) is 0. The molecule has 1 heteroatoms. The van der Waals surface area contributed by atoms with Crippen molar-refractivity contribution in [2.24, 2.45) is 5.41 Å². The van der Waals surface area contributed by atoms with E-state index >= 15 is 0 Å². The van der Waals surface area contributed by atoms with Gasteiger partial charge in [0.1, 0.15) is 0 Å². The van der Waals surface area contributed by atoms with Gasteiger partial charge in [0.2, 0.25) is 0 Å². The summed E-state index contributed by atoms with van der Waals surface area (Å²) in [5.41, 5.74) is 0.262. The van der Waals surface area contributed by atoms with Crippen LogP contribution in [0.2, 0.25) is 0 Å². The van der Waals surface area contributed by atoms with Gasteiger partial charge in [0.25, 0.3) is 0 Å². The van der Waals surface area contributed by atoms with Crippen LogP contribution in [0.5, 0.6) is 0 Å². The normalized spacial score (nSPS) is 27.7. The highest BCUT2D eigenvalue weighted by molar-refractivity contribution is 5.04. The second-order valence-corrected chi connectivity index (χ2v) is 4.66. The number of ether oxygens (including phenoxy) is 1. The van der Waals surface area contributed by atoms with Crippen molar-refractivity contribution in [3.63, 3.8) is 0 Å². The molecule has 70 valence electrons. The average molecular weight is 168 g/mol. The van der Waals surface area contributed by atoms with Crippen LogP contribution >= 0.6 is 0 Å². The zero-order chi connectivity index (χ0) is 9.19. The second kappa shape index (κ2) is 3.51. The first kappa shape index (κ1) is 9.63. The van der Waals surface area contributed by atoms with Gasteiger partial charge in [0.05, 0.1) is 11.9 Å². The summed E-state index contributed by atoms with van der Waals surface area (Å²) >= 11 is 0. The molecule has 0 radical (unpaired) electrons. The van der Waals surface area contributed by atoms with E-state index < -0.39 is 0 Å². The van der Waals surface area contributed by atoms with Crippen LogP contribution in [0.4, 0.5) is 0 Å². The summed E-state index contributed by atoms with van der Waals surface area (Å²) in [4.78, 5) is 0. The van der Waals surface area contributed by atoms with Crippen LogP contribution in [0, 0.1) is 5.41 Å². The lowest BCUT2D eigenvalue weighted by Gasteiger charge is -2.14. The third-order valence-electron chi connectivity index (χ3n) is 2.08. The first-order valence-electron chi connectivity index (χ1n) is 4.89. The van der Waals surface area contributed by atoms with Crippen LogP contribution in [0.1, 0.15) is 47.0 Å². The van der Waals surface area contributed by atoms with Crippen LogP contribution < -0.4 is 0 Å².